The first kappa shape index (κ1) is 13.2. The predicted molar refractivity (Wildman–Crippen MR) is 68.2 cm³/mol. The predicted octanol–water partition coefficient (Wildman–Crippen LogP) is 5.04. The van der Waals surface area contributed by atoms with Crippen molar-refractivity contribution in [1.29, 1.82) is 0 Å². The lowest BCUT2D eigenvalue weighted by Gasteiger charge is -2.04. The molecule has 0 fully saturated rings. The third kappa shape index (κ3) is 4.78. The maximum atomic E-state index is 13.5. The van der Waals surface area contributed by atoms with Gasteiger partial charge in [-0.25, -0.2) is 4.39 Å². The van der Waals surface area contributed by atoms with Crippen LogP contribution in [0.5, 0.6) is 0 Å². The summed E-state index contributed by atoms with van der Waals surface area (Å²) in [6, 6.07) is 5.55. The average molecular weight is 222 g/mol. The van der Waals surface area contributed by atoms with E-state index in [2.05, 4.69) is 6.92 Å². The van der Waals surface area contributed by atoms with Crippen LogP contribution in [0.2, 0.25) is 0 Å². The Morgan fingerprint density at radius 3 is 2.38 bits per heavy atom. The Kier molecular flexibility index (Phi) is 6.14. The highest BCUT2D eigenvalue weighted by atomic mass is 19.1. The van der Waals surface area contributed by atoms with Gasteiger partial charge >= 0.3 is 0 Å². The molecule has 0 unspecified atom stereocenters. The second-order valence-corrected chi connectivity index (χ2v) is 4.61. The van der Waals surface area contributed by atoms with Gasteiger partial charge in [-0.2, -0.15) is 0 Å². The first-order chi connectivity index (χ1) is 7.74. The molecule has 0 N–H and O–H groups in total. The number of hydrogen-bond donors (Lipinski definition) is 0. The molecule has 0 heterocycles. The zero-order chi connectivity index (χ0) is 11.8. The van der Waals surface area contributed by atoms with Crippen LogP contribution in [-0.4, -0.2) is 0 Å². The topological polar surface area (TPSA) is 0 Å². The fourth-order valence-electron chi connectivity index (χ4n) is 1.95. The van der Waals surface area contributed by atoms with Crippen LogP contribution in [0.15, 0.2) is 18.2 Å². The van der Waals surface area contributed by atoms with Gasteiger partial charge in [0.15, 0.2) is 0 Å². The molecule has 1 aromatic rings. The zero-order valence-electron chi connectivity index (χ0n) is 10.6. The van der Waals surface area contributed by atoms with Crippen LogP contribution in [0.1, 0.15) is 56.6 Å². The fraction of sp³-hybridized carbons (Fsp3) is 0.600. The van der Waals surface area contributed by atoms with Crippen molar-refractivity contribution in [3.63, 3.8) is 0 Å². The Bertz CT molecular complexity index is 304. The van der Waals surface area contributed by atoms with Crippen molar-refractivity contribution >= 4 is 0 Å². The van der Waals surface area contributed by atoms with Gasteiger partial charge in [0.2, 0.25) is 0 Å². The van der Waals surface area contributed by atoms with Gasteiger partial charge < -0.3 is 0 Å². The van der Waals surface area contributed by atoms with E-state index in [-0.39, 0.29) is 5.82 Å². The lowest BCUT2D eigenvalue weighted by atomic mass is 10.0. The minimum atomic E-state index is -0.0337. The molecule has 0 amide bonds. The Labute approximate surface area is 98.9 Å². The molecular formula is C15H23F. The summed E-state index contributed by atoms with van der Waals surface area (Å²) in [6.45, 7) is 4.15. The van der Waals surface area contributed by atoms with Crippen molar-refractivity contribution < 1.29 is 4.39 Å². The molecule has 0 aliphatic rings. The number of unbranched alkanes of at least 4 members (excludes halogenated alkanes) is 5. The molecule has 1 heteroatoms. The Balaban J connectivity index is 2.21. The Morgan fingerprint density at radius 1 is 1.00 bits per heavy atom. The van der Waals surface area contributed by atoms with Gasteiger partial charge in [-0.15, -0.1) is 0 Å². The van der Waals surface area contributed by atoms with E-state index in [1.54, 1.807) is 6.07 Å². The summed E-state index contributed by atoms with van der Waals surface area (Å²) < 4.78 is 13.5. The summed E-state index contributed by atoms with van der Waals surface area (Å²) in [4.78, 5) is 0. The molecule has 90 valence electrons. The van der Waals surface area contributed by atoms with Crippen molar-refractivity contribution in [3.05, 3.63) is 35.1 Å². The highest BCUT2D eigenvalue weighted by Crippen LogP contribution is 2.14. The van der Waals surface area contributed by atoms with E-state index >= 15 is 0 Å². The maximum absolute atomic E-state index is 13.5. The van der Waals surface area contributed by atoms with E-state index in [1.165, 1.54) is 32.1 Å². The van der Waals surface area contributed by atoms with E-state index in [9.17, 15) is 4.39 Å². The Hall–Kier alpha value is -0.850. The summed E-state index contributed by atoms with van der Waals surface area (Å²) in [5, 5.41) is 0. The molecule has 16 heavy (non-hydrogen) atoms. The lowest BCUT2D eigenvalue weighted by Crippen LogP contribution is -1.91. The average Bonchev–Trinajstić information content (AvgIpc) is 2.26. The first-order valence-electron chi connectivity index (χ1n) is 6.49. The summed E-state index contributed by atoms with van der Waals surface area (Å²) in [6.07, 6.45) is 8.47. The quantitative estimate of drug-likeness (QED) is 0.567. The van der Waals surface area contributed by atoms with Crippen LogP contribution in [0.3, 0.4) is 0 Å². The third-order valence-corrected chi connectivity index (χ3v) is 3.01. The molecule has 0 spiro atoms. The van der Waals surface area contributed by atoms with Gasteiger partial charge in [-0.1, -0.05) is 51.2 Å². The monoisotopic (exact) mass is 222 g/mol. The fourth-order valence-corrected chi connectivity index (χ4v) is 1.95. The van der Waals surface area contributed by atoms with E-state index in [1.807, 2.05) is 19.1 Å². The second kappa shape index (κ2) is 7.43. The molecule has 0 atom stereocenters. The maximum Gasteiger partial charge on any atom is 0.126 e. The molecule has 0 saturated heterocycles. The van der Waals surface area contributed by atoms with Gasteiger partial charge in [-0.3, -0.25) is 0 Å². The highest BCUT2D eigenvalue weighted by Gasteiger charge is 2.01. The minimum absolute atomic E-state index is 0.0337. The molecule has 0 bridgehead atoms. The Morgan fingerprint density at radius 2 is 1.69 bits per heavy atom. The van der Waals surface area contributed by atoms with E-state index in [4.69, 9.17) is 0 Å². The van der Waals surface area contributed by atoms with Crippen molar-refractivity contribution in [2.75, 3.05) is 0 Å². The van der Waals surface area contributed by atoms with Gasteiger partial charge in [0.05, 0.1) is 0 Å². The standard InChI is InChI=1S/C15H23F/c1-3-4-5-6-7-8-9-14-11-10-13(2)12-15(14)16/h10-12H,3-9H2,1-2H3. The van der Waals surface area contributed by atoms with E-state index < -0.39 is 0 Å². The van der Waals surface area contributed by atoms with Crippen LogP contribution in [-0.2, 0) is 6.42 Å². The smallest absolute Gasteiger partial charge is 0.126 e. The molecule has 0 aliphatic carbocycles. The first-order valence-corrected chi connectivity index (χ1v) is 6.49. The van der Waals surface area contributed by atoms with Crippen LogP contribution >= 0.6 is 0 Å². The summed E-state index contributed by atoms with van der Waals surface area (Å²) in [5.74, 6) is -0.0337. The zero-order valence-corrected chi connectivity index (χ0v) is 10.6. The molecule has 0 aromatic heterocycles. The van der Waals surface area contributed by atoms with Gasteiger partial charge in [0.25, 0.3) is 0 Å². The van der Waals surface area contributed by atoms with E-state index in [0.29, 0.717) is 0 Å². The van der Waals surface area contributed by atoms with Crippen molar-refractivity contribution in [3.8, 4) is 0 Å². The molecule has 0 radical (unpaired) electrons. The van der Waals surface area contributed by atoms with Gasteiger partial charge in [0, 0.05) is 0 Å². The number of rotatable bonds is 7. The van der Waals surface area contributed by atoms with Gasteiger partial charge in [0.1, 0.15) is 5.82 Å². The molecule has 0 nitrogen and oxygen atoms in total. The van der Waals surface area contributed by atoms with Crippen LogP contribution < -0.4 is 0 Å². The van der Waals surface area contributed by atoms with Crippen LogP contribution in [0, 0.1) is 12.7 Å². The van der Waals surface area contributed by atoms with E-state index in [0.717, 1.165) is 24.0 Å². The van der Waals surface area contributed by atoms with Gasteiger partial charge in [-0.05, 0) is 37.0 Å². The highest BCUT2D eigenvalue weighted by molar-refractivity contribution is 5.23. The summed E-state index contributed by atoms with van der Waals surface area (Å²) in [7, 11) is 0. The minimum Gasteiger partial charge on any atom is -0.207 e. The normalized spacial score (nSPS) is 10.7. The summed E-state index contributed by atoms with van der Waals surface area (Å²) in [5.41, 5.74) is 1.88. The van der Waals surface area contributed by atoms with Crippen molar-refractivity contribution in [1.82, 2.24) is 0 Å². The SMILES string of the molecule is CCCCCCCCc1ccc(C)cc1F. The largest absolute Gasteiger partial charge is 0.207 e. The molecular weight excluding hydrogens is 199 g/mol. The number of benzene rings is 1. The van der Waals surface area contributed by atoms with Crippen LogP contribution in [0.25, 0.3) is 0 Å². The molecule has 1 rings (SSSR count). The van der Waals surface area contributed by atoms with Crippen molar-refractivity contribution in [2.45, 2.75) is 58.8 Å². The number of aryl methyl sites for hydroxylation is 2. The molecule has 1 aromatic carbocycles. The van der Waals surface area contributed by atoms with Crippen molar-refractivity contribution in [2.24, 2.45) is 0 Å². The second-order valence-electron chi connectivity index (χ2n) is 4.61. The third-order valence-electron chi connectivity index (χ3n) is 3.01. The molecule has 0 aliphatic heterocycles. The summed E-state index contributed by atoms with van der Waals surface area (Å²) >= 11 is 0. The molecule has 0 saturated carbocycles. The van der Waals surface area contributed by atoms with Crippen LogP contribution in [0.4, 0.5) is 4.39 Å². The number of hydrogen-bond acceptors (Lipinski definition) is 0. The lowest BCUT2D eigenvalue weighted by molar-refractivity contribution is 0.580. The number of halogens is 1.